The molecule has 1 rings (SSSR count). The van der Waals surface area contributed by atoms with Crippen molar-refractivity contribution in [2.24, 2.45) is 4.99 Å². The lowest BCUT2D eigenvalue weighted by Crippen LogP contribution is -2.43. The van der Waals surface area contributed by atoms with E-state index in [0.717, 1.165) is 58.3 Å². The number of guanidine groups is 1. The van der Waals surface area contributed by atoms with Crippen LogP contribution in [0.25, 0.3) is 0 Å². The van der Waals surface area contributed by atoms with Crippen LogP contribution in [-0.2, 0) is 9.47 Å². The minimum Gasteiger partial charge on any atom is -0.444 e. The number of carbonyl (C=O) groups is 1. The predicted molar refractivity (Wildman–Crippen MR) is 105 cm³/mol. The first-order valence-electron chi connectivity index (χ1n) is 9.58. The van der Waals surface area contributed by atoms with E-state index >= 15 is 0 Å². The Hall–Kier alpha value is -1.54. The summed E-state index contributed by atoms with van der Waals surface area (Å²) in [5.41, 5.74) is -0.477. The molecule has 0 aromatic heterocycles. The van der Waals surface area contributed by atoms with E-state index in [1.807, 2.05) is 27.7 Å². The first kappa shape index (κ1) is 22.5. The maximum Gasteiger partial charge on any atom is 0.410 e. The van der Waals surface area contributed by atoms with Crippen molar-refractivity contribution in [3.63, 3.8) is 0 Å². The molecule has 1 heterocycles. The van der Waals surface area contributed by atoms with Crippen molar-refractivity contribution in [1.82, 2.24) is 20.4 Å². The normalized spacial score (nSPS) is 16.3. The summed E-state index contributed by atoms with van der Waals surface area (Å²) in [6.45, 7) is 15.1. The van der Waals surface area contributed by atoms with Gasteiger partial charge in [0.1, 0.15) is 5.60 Å². The van der Waals surface area contributed by atoms with Gasteiger partial charge in [-0.2, -0.15) is 0 Å². The topological polar surface area (TPSA) is 78.4 Å². The minimum absolute atomic E-state index is 0.313. The van der Waals surface area contributed by atoms with Gasteiger partial charge in [0.15, 0.2) is 5.96 Å². The fourth-order valence-electron chi connectivity index (χ4n) is 2.42. The molecule has 8 nitrogen and oxygen atoms in total. The highest BCUT2D eigenvalue weighted by Gasteiger charge is 2.19. The Kier molecular flexibility index (Phi) is 10.3. The van der Waals surface area contributed by atoms with Crippen LogP contribution in [0.15, 0.2) is 4.99 Å². The van der Waals surface area contributed by atoms with Crippen molar-refractivity contribution in [1.29, 1.82) is 0 Å². The minimum atomic E-state index is -0.477. The molecule has 0 radical (unpaired) electrons. The Bertz CT molecular complexity index is 431. The van der Waals surface area contributed by atoms with Gasteiger partial charge in [-0.25, -0.2) is 4.79 Å². The maximum absolute atomic E-state index is 11.9. The number of likely N-dealkylation sites (N-methyl/N-ethyl adjacent to an activating group) is 1. The van der Waals surface area contributed by atoms with Gasteiger partial charge in [0.25, 0.3) is 0 Å². The number of carbonyl (C=O) groups excluding carboxylic acids is 1. The summed E-state index contributed by atoms with van der Waals surface area (Å²) < 4.78 is 10.7. The van der Waals surface area contributed by atoms with E-state index in [0.29, 0.717) is 13.1 Å². The lowest BCUT2D eigenvalue weighted by atomic mass is 10.2. The van der Waals surface area contributed by atoms with Crippen LogP contribution in [0.4, 0.5) is 4.79 Å². The standard InChI is InChI=1S/C18H37N5O3/c1-6-19-16(20-8-7-10-23-12-14-25-15-13-23)21-9-11-22(5)17(24)26-18(2,3)4/h6-15H2,1-5H3,(H2,19,20,21). The van der Waals surface area contributed by atoms with Crippen molar-refractivity contribution in [2.45, 2.75) is 39.7 Å². The average Bonchev–Trinajstić information content (AvgIpc) is 2.58. The van der Waals surface area contributed by atoms with Gasteiger partial charge in [-0.15, -0.1) is 0 Å². The lowest BCUT2D eigenvalue weighted by molar-refractivity contribution is 0.0302. The van der Waals surface area contributed by atoms with E-state index in [1.165, 1.54) is 0 Å². The number of morpholine rings is 1. The fourth-order valence-corrected chi connectivity index (χ4v) is 2.42. The molecule has 0 aromatic carbocycles. The molecular weight excluding hydrogens is 334 g/mol. The fraction of sp³-hybridized carbons (Fsp3) is 0.889. The molecule has 0 aromatic rings. The molecule has 1 amide bonds. The predicted octanol–water partition coefficient (Wildman–Crippen LogP) is 1.13. The summed E-state index contributed by atoms with van der Waals surface area (Å²) >= 11 is 0. The van der Waals surface area contributed by atoms with Gasteiger partial charge < -0.3 is 25.0 Å². The summed E-state index contributed by atoms with van der Waals surface area (Å²) in [5, 5.41) is 6.50. The van der Waals surface area contributed by atoms with Crippen molar-refractivity contribution in [2.75, 3.05) is 66.1 Å². The zero-order chi connectivity index (χ0) is 19.4. The number of amides is 1. The van der Waals surface area contributed by atoms with Gasteiger partial charge in [0.2, 0.25) is 0 Å². The molecule has 2 N–H and O–H groups in total. The lowest BCUT2D eigenvalue weighted by Gasteiger charge is -2.26. The van der Waals surface area contributed by atoms with Crippen molar-refractivity contribution in [3.8, 4) is 0 Å². The first-order chi connectivity index (χ1) is 12.3. The zero-order valence-electron chi connectivity index (χ0n) is 17.1. The Labute approximate surface area is 158 Å². The third-order valence-corrected chi connectivity index (χ3v) is 3.80. The maximum atomic E-state index is 11.9. The second-order valence-electron chi connectivity index (χ2n) is 7.40. The number of nitrogens with one attached hydrogen (secondary N) is 2. The molecule has 0 atom stereocenters. The third-order valence-electron chi connectivity index (χ3n) is 3.80. The number of hydrogen-bond donors (Lipinski definition) is 2. The first-order valence-corrected chi connectivity index (χ1v) is 9.58. The molecular formula is C18H37N5O3. The summed E-state index contributed by atoms with van der Waals surface area (Å²) in [4.78, 5) is 20.5. The van der Waals surface area contributed by atoms with Gasteiger partial charge >= 0.3 is 6.09 Å². The molecule has 1 aliphatic heterocycles. The Morgan fingerprint density at radius 1 is 1.27 bits per heavy atom. The van der Waals surface area contributed by atoms with Crippen LogP contribution in [0, 0.1) is 0 Å². The molecule has 0 unspecified atom stereocenters. The summed E-state index contributed by atoms with van der Waals surface area (Å²) in [6.07, 6.45) is 0.709. The molecule has 0 aliphatic carbocycles. The van der Waals surface area contributed by atoms with Crippen molar-refractivity contribution < 1.29 is 14.3 Å². The van der Waals surface area contributed by atoms with Gasteiger partial charge in [0, 0.05) is 52.9 Å². The number of nitrogens with zero attached hydrogens (tertiary/aromatic N) is 3. The van der Waals surface area contributed by atoms with Crippen LogP contribution in [0.5, 0.6) is 0 Å². The molecule has 1 saturated heterocycles. The zero-order valence-corrected chi connectivity index (χ0v) is 17.1. The summed E-state index contributed by atoms with van der Waals surface area (Å²) in [5.74, 6) is 0.784. The second-order valence-corrected chi connectivity index (χ2v) is 7.40. The third kappa shape index (κ3) is 10.5. The van der Waals surface area contributed by atoms with E-state index < -0.39 is 5.60 Å². The van der Waals surface area contributed by atoms with Gasteiger partial charge in [-0.05, 0) is 34.1 Å². The van der Waals surface area contributed by atoms with Crippen LogP contribution >= 0.6 is 0 Å². The Balaban J connectivity index is 2.27. The van der Waals surface area contributed by atoms with Crippen molar-refractivity contribution in [3.05, 3.63) is 0 Å². The van der Waals surface area contributed by atoms with Gasteiger partial charge in [-0.1, -0.05) is 0 Å². The summed E-state index contributed by atoms with van der Waals surface area (Å²) in [7, 11) is 1.74. The molecule has 8 heteroatoms. The Morgan fingerprint density at radius 3 is 2.58 bits per heavy atom. The highest BCUT2D eigenvalue weighted by Crippen LogP contribution is 2.08. The van der Waals surface area contributed by atoms with E-state index in [1.54, 1.807) is 11.9 Å². The van der Waals surface area contributed by atoms with E-state index in [4.69, 9.17) is 9.47 Å². The number of rotatable bonds is 8. The second kappa shape index (κ2) is 12.0. The highest BCUT2D eigenvalue weighted by atomic mass is 16.6. The monoisotopic (exact) mass is 371 g/mol. The van der Waals surface area contributed by atoms with E-state index in [-0.39, 0.29) is 6.09 Å². The van der Waals surface area contributed by atoms with Crippen molar-refractivity contribution >= 4 is 12.1 Å². The van der Waals surface area contributed by atoms with Gasteiger partial charge in [0.05, 0.1) is 13.2 Å². The quantitative estimate of drug-likeness (QED) is 0.378. The molecule has 1 aliphatic rings. The van der Waals surface area contributed by atoms with E-state index in [9.17, 15) is 4.79 Å². The number of ether oxygens (including phenoxy) is 2. The Morgan fingerprint density at radius 2 is 1.96 bits per heavy atom. The molecule has 26 heavy (non-hydrogen) atoms. The van der Waals surface area contributed by atoms with Gasteiger partial charge in [-0.3, -0.25) is 9.89 Å². The highest BCUT2D eigenvalue weighted by molar-refractivity contribution is 5.79. The molecule has 1 fully saturated rings. The van der Waals surface area contributed by atoms with Crippen LogP contribution < -0.4 is 10.6 Å². The molecule has 0 saturated carbocycles. The largest absolute Gasteiger partial charge is 0.444 e. The summed E-state index contributed by atoms with van der Waals surface area (Å²) in [6, 6.07) is 0. The average molecular weight is 372 g/mol. The smallest absolute Gasteiger partial charge is 0.410 e. The molecule has 0 spiro atoms. The van der Waals surface area contributed by atoms with Crippen LogP contribution in [0.2, 0.25) is 0 Å². The molecule has 0 bridgehead atoms. The van der Waals surface area contributed by atoms with Crippen LogP contribution in [0.1, 0.15) is 34.1 Å². The number of aliphatic imine (C=N–C) groups is 1. The SMILES string of the molecule is CCNC(=NCCCN1CCOCC1)NCCN(C)C(=O)OC(C)(C)C. The molecule has 152 valence electrons. The van der Waals surface area contributed by atoms with E-state index in [2.05, 4.69) is 20.5 Å². The van der Waals surface area contributed by atoms with Crippen LogP contribution in [0.3, 0.4) is 0 Å². The number of hydrogen-bond acceptors (Lipinski definition) is 5. The van der Waals surface area contributed by atoms with Crippen LogP contribution in [-0.4, -0.2) is 93.5 Å².